The Morgan fingerprint density at radius 3 is 2.59 bits per heavy atom. The van der Waals surface area contributed by atoms with Gasteiger partial charge in [-0.25, -0.2) is 9.78 Å². The number of carbonyl (C=O) groups excluding carboxylic acids is 1. The molecule has 2 heterocycles. The summed E-state index contributed by atoms with van der Waals surface area (Å²) in [6.07, 6.45) is 0.546. The van der Waals surface area contributed by atoms with Gasteiger partial charge in [0.25, 0.3) is 0 Å². The van der Waals surface area contributed by atoms with Gasteiger partial charge in [-0.3, -0.25) is 0 Å². The molecule has 0 aliphatic heterocycles. The molecule has 9 heteroatoms. The second-order valence-corrected chi connectivity index (χ2v) is 7.08. The lowest BCUT2D eigenvalue weighted by molar-refractivity contribution is 0.0411. The molecular formula is C23H19N5O4. The molecule has 1 N–H and O–H groups in total. The van der Waals surface area contributed by atoms with E-state index in [0.29, 0.717) is 40.1 Å². The number of H-pyrrole nitrogens is 1. The third kappa shape index (κ3) is 3.49. The number of rotatable bonds is 6. The smallest absolute Gasteiger partial charge is 0.368 e. The Bertz CT molecular complexity index is 1420. The molecule has 0 atom stereocenters. The van der Waals surface area contributed by atoms with Crippen LogP contribution in [0.2, 0.25) is 0 Å². The van der Waals surface area contributed by atoms with Gasteiger partial charge in [0.1, 0.15) is 39.4 Å². The zero-order valence-corrected chi connectivity index (χ0v) is 17.4. The molecule has 9 nitrogen and oxygen atoms in total. The van der Waals surface area contributed by atoms with E-state index in [4.69, 9.17) is 14.3 Å². The first kappa shape index (κ1) is 19.6. The van der Waals surface area contributed by atoms with Gasteiger partial charge in [-0.15, -0.1) is 5.10 Å². The molecule has 5 rings (SSSR count). The molecule has 2 aromatic heterocycles. The number of carbonyl (C=O) groups is 1. The quantitative estimate of drug-likeness (QED) is 0.413. The number of methoxy groups -OCH3 is 2. The van der Waals surface area contributed by atoms with Gasteiger partial charge in [-0.2, -0.15) is 0 Å². The third-order valence-electron chi connectivity index (χ3n) is 5.12. The molecule has 5 aromatic rings. The molecule has 0 saturated carbocycles. The molecular weight excluding hydrogens is 410 g/mol. The van der Waals surface area contributed by atoms with Crippen LogP contribution in [0.5, 0.6) is 11.5 Å². The third-order valence-corrected chi connectivity index (χ3v) is 5.12. The number of nitrogens with zero attached hydrogens (tertiary/aromatic N) is 4. The van der Waals surface area contributed by atoms with Crippen LogP contribution in [0, 0.1) is 0 Å². The number of imidazole rings is 1. The highest BCUT2D eigenvalue weighted by molar-refractivity contribution is 6.04. The Balaban J connectivity index is 1.49. The number of aromatic amines is 1. The van der Waals surface area contributed by atoms with E-state index < -0.39 is 5.97 Å². The molecule has 0 bridgehead atoms. The molecule has 0 unspecified atom stereocenters. The number of nitrogens with one attached hydrogen (secondary N) is 1. The minimum Gasteiger partial charge on any atom is -0.497 e. The maximum absolute atomic E-state index is 13.0. The molecule has 0 saturated heterocycles. The second kappa shape index (κ2) is 8.03. The number of benzene rings is 3. The fourth-order valence-electron chi connectivity index (χ4n) is 3.51. The van der Waals surface area contributed by atoms with E-state index in [2.05, 4.69) is 20.3 Å². The van der Waals surface area contributed by atoms with Crippen LogP contribution in [-0.4, -0.2) is 45.3 Å². The van der Waals surface area contributed by atoms with Gasteiger partial charge in [0.15, 0.2) is 0 Å². The molecule has 0 amide bonds. The van der Waals surface area contributed by atoms with Crippen molar-refractivity contribution in [3.05, 3.63) is 77.6 Å². The summed E-state index contributed by atoms with van der Waals surface area (Å²) < 4.78 is 10.7. The van der Waals surface area contributed by atoms with E-state index in [1.807, 2.05) is 36.4 Å². The van der Waals surface area contributed by atoms with E-state index in [1.165, 1.54) is 0 Å². The topological polar surface area (TPSA) is 104 Å². The zero-order valence-electron chi connectivity index (χ0n) is 17.4. The van der Waals surface area contributed by atoms with Crippen molar-refractivity contribution in [1.29, 1.82) is 0 Å². The van der Waals surface area contributed by atoms with Crippen LogP contribution in [0.4, 0.5) is 0 Å². The Kier molecular flexibility index (Phi) is 4.91. The maximum atomic E-state index is 13.0. The fraction of sp³-hybridized carbons (Fsp3) is 0.130. The first-order valence-electron chi connectivity index (χ1n) is 9.88. The summed E-state index contributed by atoms with van der Waals surface area (Å²) in [6, 6.07) is 18.3. The molecule has 32 heavy (non-hydrogen) atoms. The van der Waals surface area contributed by atoms with Crippen molar-refractivity contribution in [1.82, 2.24) is 25.1 Å². The van der Waals surface area contributed by atoms with E-state index in [0.717, 1.165) is 16.2 Å². The van der Waals surface area contributed by atoms with Gasteiger partial charge in [-0.1, -0.05) is 29.1 Å². The SMILES string of the molecule is COc1ccc(Cc2nc3c(C(=O)On4nnc5ccccc54)ccc(OC)c3[nH]2)cc1. The number of ether oxygens (including phenoxy) is 2. The van der Waals surface area contributed by atoms with Crippen molar-refractivity contribution >= 4 is 28.0 Å². The van der Waals surface area contributed by atoms with Gasteiger partial charge in [0.05, 0.1) is 19.8 Å². The number of para-hydroxylation sites is 1. The van der Waals surface area contributed by atoms with Crippen molar-refractivity contribution in [2.75, 3.05) is 14.2 Å². The Morgan fingerprint density at radius 1 is 1.00 bits per heavy atom. The molecule has 0 spiro atoms. The van der Waals surface area contributed by atoms with Crippen molar-refractivity contribution in [3.63, 3.8) is 0 Å². The van der Waals surface area contributed by atoms with Crippen molar-refractivity contribution in [2.24, 2.45) is 0 Å². The van der Waals surface area contributed by atoms with Crippen LogP contribution in [0.25, 0.3) is 22.1 Å². The summed E-state index contributed by atoms with van der Waals surface area (Å²) in [7, 11) is 3.20. The average molecular weight is 429 g/mol. The highest BCUT2D eigenvalue weighted by atomic mass is 16.7. The normalized spacial score (nSPS) is 11.1. The van der Waals surface area contributed by atoms with Gasteiger partial charge in [0.2, 0.25) is 0 Å². The monoisotopic (exact) mass is 429 g/mol. The van der Waals surface area contributed by atoms with Crippen LogP contribution in [0.15, 0.2) is 60.7 Å². The molecule has 0 aliphatic carbocycles. The molecule has 3 aromatic carbocycles. The van der Waals surface area contributed by atoms with Crippen molar-refractivity contribution in [3.8, 4) is 11.5 Å². The molecule has 0 radical (unpaired) electrons. The van der Waals surface area contributed by atoms with E-state index in [-0.39, 0.29) is 5.56 Å². The highest BCUT2D eigenvalue weighted by Crippen LogP contribution is 2.28. The summed E-state index contributed by atoms with van der Waals surface area (Å²) in [5.74, 6) is 1.45. The largest absolute Gasteiger partial charge is 0.497 e. The van der Waals surface area contributed by atoms with Crippen LogP contribution in [-0.2, 0) is 6.42 Å². The van der Waals surface area contributed by atoms with Gasteiger partial charge >= 0.3 is 5.97 Å². The predicted octanol–water partition coefficient (Wildman–Crippen LogP) is 3.18. The highest BCUT2D eigenvalue weighted by Gasteiger charge is 2.20. The van der Waals surface area contributed by atoms with E-state index >= 15 is 0 Å². The first-order chi connectivity index (χ1) is 15.7. The van der Waals surface area contributed by atoms with Gasteiger partial charge in [0, 0.05) is 6.42 Å². The van der Waals surface area contributed by atoms with E-state index in [1.54, 1.807) is 38.5 Å². The minimum atomic E-state index is -0.601. The summed E-state index contributed by atoms with van der Waals surface area (Å²) in [5.41, 5.74) is 3.63. The second-order valence-electron chi connectivity index (χ2n) is 7.08. The number of aromatic nitrogens is 5. The van der Waals surface area contributed by atoms with Gasteiger partial charge in [-0.05, 0) is 47.2 Å². The fourth-order valence-corrected chi connectivity index (χ4v) is 3.51. The van der Waals surface area contributed by atoms with Crippen LogP contribution in [0.1, 0.15) is 21.7 Å². The predicted molar refractivity (Wildman–Crippen MR) is 117 cm³/mol. The number of hydrogen-bond donors (Lipinski definition) is 1. The molecule has 160 valence electrons. The lowest BCUT2D eigenvalue weighted by Crippen LogP contribution is -2.21. The summed E-state index contributed by atoms with van der Waals surface area (Å²) in [6.45, 7) is 0. The van der Waals surface area contributed by atoms with Crippen LogP contribution < -0.4 is 14.3 Å². The summed E-state index contributed by atoms with van der Waals surface area (Å²) in [4.78, 5) is 27.5. The Morgan fingerprint density at radius 2 is 1.81 bits per heavy atom. The Labute approximate surface area is 182 Å². The van der Waals surface area contributed by atoms with Crippen molar-refractivity contribution in [2.45, 2.75) is 6.42 Å². The van der Waals surface area contributed by atoms with E-state index in [9.17, 15) is 4.79 Å². The average Bonchev–Trinajstić information content (AvgIpc) is 3.43. The number of fused-ring (bicyclic) bond motifs is 2. The minimum absolute atomic E-state index is 0.289. The molecule has 0 aliphatic rings. The standard InChI is InChI=1S/C23H19N5O4/c1-30-15-9-7-14(8-10-15)13-20-24-21-16(11-12-19(31-2)22(21)25-20)23(29)32-28-18-6-4-3-5-17(18)26-27-28/h3-12H,13H2,1-2H3,(H,24,25). The first-order valence-corrected chi connectivity index (χ1v) is 9.88. The maximum Gasteiger partial charge on any atom is 0.368 e. The molecule has 0 fully saturated rings. The zero-order chi connectivity index (χ0) is 22.1. The summed E-state index contributed by atoms with van der Waals surface area (Å²) in [5, 5.41) is 7.91. The Hall–Kier alpha value is -4.40. The van der Waals surface area contributed by atoms with Crippen molar-refractivity contribution < 1.29 is 19.1 Å². The number of hydrogen-bond acceptors (Lipinski definition) is 7. The van der Waals surface area contributed by atoms with Crippen LogP contribution >= 0.6 is 0 Å². The summed E-state index contributed by atoms with van der Waals surface area (Å²) >= 11 is 0. The van der Waals surface area contributed by atoms with Crippen LogP contribution in [0.3, 0.4) is 0 Å². The lowest BCUT2D eigenvalue weighted by Gasteiger charge is -2.06. The van der Waals surface area contributed by atoms with Gasteiger partial charge < -0.3 is 19.3 Å². The lowest BCUT2D eigenvalue weighted by atomic mass is 10.1.